The molecule has 0 aliphatic rings. The Bertz CT molecular complexity index is 858. The third kappa shape index (κ3) is 2.72. The molecule has 1 atom stereocenters. The molecule has 2 aromatic carbocycles. The van der Waals surface area contributed by atoms with E-state index in [2.05, 4.69) is 0 Å². The van der Waals surface area contributed by atoms with Crippen LogP contribution in [0.1, 0.15) is 11.7 Å². The highest BCUT2D eigenvalue weighted by Crippen LogP contribution is 2.24. The zero-order chi connectivity index (χ0) is 15.0. The molecule has 0 aliphatic carbocycles. The summed E-state index contributed by atoms with van der Waals surface area (Å²) < 4.78 is 15.9. The van der Waals surface area contributed by atoms with Crippen molar-refractivity contribution in [2.45, 2.75) is 12.6 Å². The fraction of sp³-hybridized carbons (Fsp3) is 0.133. The van der Waals surface area contributed by atoms with E-state index >= 15 is 0 Å². The molecule has 1 aromatic heterocycles. The predicted octanol–water partition coefficient (Wildman–Crippen LogP) is 3.71. The standard InChI is InChI=1S/C15H12ClFN2OS/c16-10-7-9(5-6-11(10)17)13(20)8-19-12-3-1-2-4-14(12)21-15(19)18/h1-7,13,18,20H,8H2. The summed E-state index contributed by atoms with van der Waals surface area (Å²) in [4.78, 5) is 0.364. The SMILES string of the molecule is N=c1sc2ccccc2n1CC(O)c1ccc(F)c(Cl)c1. The van der Waals surface area contributed by atoms with Crippen LogP contribution in [-0.4, -0.2) is 9.67 Å². The molecule has 0 amide bonds. The number of fused-ring (bicyclic) bond motifs is 1. The van der Waals surface area contributed by atoms with Gasteiger partial charge in [-0.05, 0) is 29.8 Å². The van der Waals surface area contributed by atoms with Crippen LogP contribution in [0.3, 0.4) is 0 Å². The molecule has 6 heteroatoms. The number of nitrogens with one attached hydrogen (secondary N) is 1. The largest absolute Gasteiger partial charge is 0.387 e. The van der Waals surface area contributed by atoms with Gasteiger partial charge in [0, 0.05) is 0 Å². The van der Waals surface area contributed by atoms with Gasteiger partial charge >= 0.3 is 0 Å². The first-order valence-electron chi connectivity index (χ1n) is 6.32. The van der Waals surface area contributed by atoms with Crippen LogP contribution in [0.5, 0.6) is 0 Å². The lowest BCUT2D eigenvalue weighted by atomic mass is 10.1. The van der Waals surface area contributed by atoms with Gasteiger partial charge in [0.15, 0.2) is 4.80 Å². The number of halogens is 2. The molecule has 0 saturated carbocycles. The molecule has 0 radical (unpaired) electrons. The molecule has 1 heterocycles. The molecule has 3 nitrogen and oxygen atoms in total. The van der Waals surface area contributed by atoms with E-state index in [4.69, 9.17) is 17.0 Å². The van der Waals surface area contributed by atoms with E-state index in [9.17, 15) is 9.50 Å². The van der Waals surface area contributed by atoms with Crippen molar-refractivity contribution in [3.8, 4) is 0 Å². The normalized spacial score (nSPS) is 12.7. The zero-order valence-corrected chi connectivity index (χ0v) is 12.5. The highest BCUT2D eigenvalue weighted by molar-refractivity contribution is 7.16. The van der Waals surface area contributed by atoms with E-state index in [0.29, 0.717) is 10.4 Å². The number of hydrogen-bond donors (Lipinski definition) is 2. The van der Waals surface area contributed by atoms with E-state index in [1.165, 1.54) is 29.5 Å². The quantitative estimate of drug-likeness (QED) is 0.759. The second-order valence-electron chi connectivity index (χ2n) is 4.67. The van der Waals surface area contributed by atoms with Crippen molar-refractivity contribution in [2.75, 3.05) is 0 Å². The minimum Gasteiger partial charge on any atom is -0.387 e. The van der Waals surface area contributed by atoms with Crippen LogP contribution in [-0.2, 0) is 6.54 Å². The lowest BCUT2D eigenvalue weighted by molar-refractivity contribution is 0.157. The molecule has 0 saturated heterocycles. The summed E-state index contributed by atoms with van der Waals surface area (Å²) in [6.45, 7) is 0.227. The number of para-hydroxylation sites is 1. The topological polar surface area (TPSA) is 49.0 Å². The number of aliphatic hydroxyl groups is 1. The maximum absolute atomic E-state index is 13.2. The molecule has 3 rings (SSSR count). The second kappa shape index (κ2) is 5.60. The molecule has 108 valence electrons. The van der Waals surface area contributed by atoms with E-state index in [1.54, 1.807) is 4.57 Å². The van der Waals surface area contributed by atoms with Gasteiger partial charge in [-0.3, -0.25) is 5.41 Å². The number of aliphatic hydroxyl groups excluding tert-OH is 1. The molecular weight excluding hydrogens is 311 g/mol. The van der Waals surface area contributed by atoms with Gasteiger partial charge in [-0.1, -0.05) is 41.1 Å². The number of rotatable bonds is 3. The number of thiazole rings is 1. The lowest BCUT2D eigenvalue weighted by Crippen LogP contribution is -2.18. The minimum atomic E-state index is -0.852. The zero-order valence-electron chi connectivity index (χ0n) is 10.9. The molecule has 2 N–H and O–H groups in total. The fourth-order valence-electron chi connectivity index (χ4n) is 2.21. The van der Waals surface area contributed by atoms with Gasteiger partial charge in [-0.15, -0.1) is 0 Å². The van der Waals surface area contributed by atoms with E-state index in [0.717, 1.165) is 10.2 Å². The van der Waals surface area contributed by atoms with Crippen LogP contribution in [0.15, 0.2) is 42.5 Å². The van der Waals surface area contributed by atoms with Crippen LogP contribution in [0, 0.1) is 11.2 Å². The van der Waals surface area contributed by atoms with Crippen molar-refractivity contribution in [1.29, 1.82) is 5.41 Å². The highest BCUT2D eigenvalue weighted by Gasteiger charge is 2.13. The van der Waals surface area contributed by atoms with Crippen molar-refractivity contribution in [3.63, 3.8) is 0 Å². The summed E-state index contributed by atoms with van der Waals surface area (Å²) in [5.74, 6) is -0.512. The van der Waals surface area contributed by atoms with Crippen molar-refractivity contribution in [2.24, 2.45) is 0 Å². The van der Waals surface area contributed by atoms with Gasteiger partial charge in [-0.2, -0.15) is 0 Å². The highest BCUT2D eigenvalue weighted by atomic mass is 35.5. The summed E-state index contributed by atoms with van der Waals surface area (Å²) in [6.07, 6.45) is -0.852. The lowest BCUT2D eigenvalue weighted by Gasteiger charge is -2.13. The molecule has 0 spiro atoms. The van der Waals surface area contributed by atoms with Gasteiger partial charge in [-0.25, -0.2) is 4.39 Å². The van der Waals surface area contributed by atoms with Gasteiger partial charge in [0.2, 0.25) is 0 Å². The third-order valence-corrected chi connectivity index (χ3v) is 4.56. The average molecular weight is 323 g/mol. The fourth-order valence-corrected chi connectivity index (χ4v) is 3.32. The van der Waals surface area contributed by atoms with Crippen molar-refractivity contribution < 1.29 is 9.50 Å². The van der Waals surface area contributed by atoms with E-state index in [1.807, 2.05) is 24.3 Å². The first kappa shape index (κ1) is 14.3. The molecule has 0 aliphatic heterocycles. The second-order valence-corrected chi connectivity index (χ2v) is 6.11. The predicted molar refractivity (Wildman–Crippen MR) is 82.0 cm³/mol. The number of hydrogen-bond acceptors (Lipinski definition) is 3. The molecule has 3 aromatic rings. The number of nitrogens with zero attached hydrogens (tertiary/aromatic N) is 1. The monoisotopic (exact) mass is 322 g/mol. The summed E-state index contributed by atoms with van der Waals surface area (Å²) in [6, 6.07) is 11.8. The Morgan fingerprint density at radius 3 is 2.81 bits per heavy atom. The molecule has 21 heavy (non-hydrogen) atoms. The van der Waals surface area contributed by atoms with Gasteiger partial charge in [0.05, 0.1) is 27.9 Å². The average Bonchev–Trinajstić information content (AvgIpc) is 2.78. The Balaban J connectivity index is 1.96. The Kier molecular flexibility index (Phi) is 3.80. The summed E-state index contributed by atoms with van der Waals surface area (Å²) >= 11 is 7.09. The molecule has 0 bridgehead atoms. The van der Waals surface area contributed by atoms with Crippen molar-refractivity contribution >= 4 is 33.2 Å². The van der Waals surface area contributed by atoms with Gasteiger partial charge < -0.3 is 9.67 Å². The van der Waals surface area contributed by atoms with E-state index in [-0.39, 0.29) is 11.6 Å². The maximum atomic E-state index is 13.2. The summed E-state index contributed by atoms with van der Waals surface area (Å²) in [7, 11) is 0. The van der Waals surface area contributed by atoms with E-state index < -0.39 is 11.9 Å². The van der Waals surface area contributed by atoms with Crippen LogP contribution < -0.4 is 4.80 Å². The van der Waals surface area contributed by atoms with Gasteiger partial charge in [0.1, 0.15) is 5.82 Å². The molecular formula is C15H12ClFN2OS. The minimum absolute atomic E-state index is 0.0159. The number of benzene rings is 2. The van der Waals surface area contributed by atoms with Crippen LogP contribution in [0.4, 0.5) is 4.39 Å². The Morgan fingerprint density at radius 1 is 1.29 bits per heavy atom. The Labute approximate surface area is 129 Å². The first-order chi connectivity index (χ1) is 10.1. The number of aromatic nitrogens is 1. The maximum Gasteiger partial charge on any atom is 0.183 e. The van der Waals surface area contributed by atoms with Crippen LogP contribution in [0.2, 0.25) is 5.02 Å². The Hall–Kier alpha value is -1.69. The Morgan fingerprint density at radius 2 is 2.05 bits per heavy atom. The summed E-state index contributed by atoms with van der Waals surface area (Å²) in [5.41, 5.74) is 1.43. The van der Waals surface area contributed by atoms with Crippen LogP contribution >= 0.6 is 22.9 Å². The van der Waals surface area contributed by atoms with Gasteiger partial charge in [0.25, 0.3) is 0 Å². The van der Waals surface area contributed by atoms with Crippen molar-refractivity contribution in [1.82, 2.24) is 4.57 Å². The first-order valence-corrected chi connectivity index (χ1v) is 7.51. The third-order valence-electron chi connectivity index (χ3n) is 3.29. The summed E-state index contributed by atoms with van der Waals surface area (Å²) in [5, 5.41) is 18.3. The smallest absolute Gasteiger partial charge is 0.183 e. The van der Waals surface area contributed by atoms with Crippen LogP contribution in [0.25, 0.3) is 10.2 Å². The molecule has 0 fully saturated rings. The molecule has 1 unspecified atom stereocenters. The van der Waals surface area contributed by atoms with Crippen molar-refractivity contribution in [3.05, 3.63) is 63.7 Å².